The van der Waals surface area contributed by atoms with E-state index in [1.165, 1.54) is 0 Å². The lowest BCUT2D eigenvalue weighted by molar-refractivity contribution is -0.111. The van der Waals surface area contributed by atoms with Gasteiger partial charge in [-0.1, -0.05) is 28.1 Å². The van der Waals surface area contributed by atoms with Crippen molar-refractivity contribution in [2.24, 2.45) is 0 Å². The summed E-state index contributed by atoms with van der Waals surface area (Å²) in [5.41, 5.74) is 3.45. The Morgan fingerprint density at radius 1 is 1.24 bits per heavy atom. The van der Waals surface area contributed by atoms with E-state index < -0.39 is 0 Å². The molecule has 0 spiro atoms. The summed E-state index contributed by atoms with van der Waals surface area (Å²) in [5.74, 6) is 0.619. The first kappa shape index (κ1) is 19.3. The lowest BCUT2D eigenvalue weighted by Crippen LogP contribution is -2.16. The number of benzene rings is 2. The minimum atomic E-state index is -0.163. The van der Waals surface area contributed by atoms with Crippen molar-refractivity contribution in [1.82, 2.24) is 14.9 Å². The topological polar surface area (TPSA) is 61.4 Å². The molecule has 1 aromatic heterocycles. The second-order valence-electron chi connectivity index (χ2n) is 6.94. The molecule has 3 aromatic rings. The molecule has 0 fully saturated rings. The molecule has 0 aliphatic carbocycles. The lowest BCUT2D eigenvalue weighted by atomic mass is 10.0. The summed E-state index contributed by atoms with van der Waals surface area (Å²) in [5, 5.41) is 3.88. The van der Waals surface area contributed by atoms with Crippen molar-refractivity contribution >= 4 is 56.0 Å². The Hall–Kier alpha value is -3.03. The van der Waals surface area contributed by atoms with Gasteiger partial charge in [0.2, 0.25) is 5.91 Å². The average Bonchev–Trinajstić information content (AvgIpc) is 2.70. The van der Waals surface area contributed by atoms with Crippen molar-refractivity contribution < 1.29 is 4.79 Å². The highest BCUT2D eigenvalue weighted by Gasteiger charge is 2.21. The summed E-state index contributed by atoms with van der Waals surface area (Å²) in [6, 6.07) is 11.8. The highest BCUT2D eigenvalue weighted by Crippen LogP contribution is 2.39. The molecule has 2 aromatic carbocycles. The molecule has 2 heterocycles. The Kier molecular flexibility index (Phi) is 5.42. The second-order valence-corrected chi connectivity index (χ2v) is 7.85. The molecule has 1 N–H and O–H groups in total. The van der Waals surface area contributed by atoms with Gasteiger partial charge in [-0.25, -0.2) is 9.97 Å². The van der Waals surface area contributed by atoms with Crippen molar-refractivity contribution in [2.75, 3.05) is 30.9 Å². The zero-order valence-corrected chi connectivity index (χ0v) is 17.7. The smallest absolute Gasteiger partial charge is 0.248 e. The maximum Gasteiger partial charge on any atom is 0.248 e. The predicted molar refractivity (Wildman–Crippen MR) is 121 cm³/mol. The zero-order chi connectivity index (χ0) is 20.4. The molecule has 0 saturated heterocycles. The van der Waals surface area contributed by atoms with Crippen LogP contribution < -0.4 is 10.2 Å². The predicted octanol–water partition coefficient (Wildman–Crippen LogP) is 4.57. The van der Waals surface area contributed by atoms with E-state index in [0.717, 1.165) is 38.1 Å². The van der Waals surface area contributed by atoms with Crippen LogP contribution in [0.5, 0.6) is 0 Å². The number of nitrogens with zero attached hydrogens (tertiary/aromatic N) is 4. The first-order chi connectivity index (χ1) is 14.0. The van der Waals surface area contributed by atoms with Crippen LogP contribution in [0.15, 0.2) is 65.6 Å². The van der Waals surface area contributed by atoms with Crippen LogP contribution in [0.3, 0.4) is 0 Å². The highest BCUT2D eigenvalue weighted by atomic mass is 79.9. The number of carbonyl (C=O) groups excluding carboxylic acids is 1. The zero-order valence-electron chi connectivity index (χ0n) is 16.1. The maximum atomic E-state index is 12.3. The van der Waals surface area contributed by atoms with Crippen LogP contribution in [-0.4, -0.2) is 41.4 Å². The van der Waals surface area contributed by atoms with Crippen LogP contribution in [0.1, 0.15) is 5.56 Å². The molecule has 29 heavy (non-hydrogen) atoms. The van der Waals surface area contributed by atoms with E-state index >= 15 is 0 Å². The Balaban J connectivity index is 1.72. The van der Waals surface area contributed by atoms with Gasteiger partial charge in [-0.05, 0) is 50.5 Å². The van der Waals surface area contributed by atoms with E-state index in [1.54, 1.807) is 12.4 Å². The Morgan fingerprint density at radius 2 is 2.10 bits per heavy atom. The molecule has 0 saturated carbocycles. The van der Waals surface area contributed by atoms with Gasteiger partial charge in [0.1, 0.15) is 12.1 Å². The van der Waals surface area contributed by atoms with E-state index in [1.807, 2.05) is 78.6 Å². The molecule has 0 bridgehead atoms. The Morgan fingerprint density at radius 3 is 2.90 bits per heavy atom. The average molecular weight is 450 g/mol. The fourth-order valence-electron chi connectivity index (χ4n) is 3.22. The van der Waals surface area contributed by atoms with E-state index in [2.05, 4.69) is 31.2 Å². The van der Waals surface area contributed by atoms with Crippen LogP contribution in [0, 0.1) is 0 Å². The molecule has 0 atom stereocenters. The molecule has 0 unspecified atom stereocenters. The van der Waals surface area contributed by atoms with Crippen molar-refractivity contribution in [3.63, 3.8) is 0 Å². The summed E-state index contributed by atoms with van der Waals surface area (Å²) < 4.78 is 0.991. The molecule has 1 aliphatic heterocycles. The number of likely N-dealkylation sites (N-methyl/N-ethyl adjacent to an activating group) is 1. The number of nitrogens with one attached hydrogen (secondary N) is 1. The van der Waals surface area contributed by atoms with Gasteiger partial charge in [0, 0.05) is 40.2 Å². The third-order valence-electron chi connectivity index (χ3n) is 4.53. The van der Waals surface area contributed by atoms with Gasteiger partial charge in [0.05, 0.1) is 10.9 Å². The number of hydrogen-bond donors (Lipinski definition) is 1. The maximum absolute atomic E-state index is 12.3. The quantitative estimate of drug-likeness (QED) is 0.577. The van der Waals surface area contributed by atoms with Crippen molar-refractivity contribution in [3.8, 4) is 0 Å². The Labute approximate surface area is 177 Å². The van der Waals surface area contributed by atoms with Gasteiger partial charge in [0.15, 0.2) is 0 Å². The van der Waals surface area contributed by atoms with Crippen molar-refractivity contribution in [1.29, 1.82) is 0 Å². The molecule has 1 amide bonds. The first-order valence-corrected chi connectivity index (χ1v) is 9.95. The third-order valence-corrected chi connectivity index (χ3v) is 5.02. The van der Waals surface area contributed by atoms with E-state index in [0.29, 0.717) is 6.54 Å². The van der Waals surface area contributed by atoms with E-state index in [-0.39, 0.29) is 5.91 Å². The lowest BCUT2D eigenvalue weighted by Gasteiger charge is -2.26. The van der Waals surface area contributed by atoms with Crippen LogP contribution in [0.4, 0.5) is 17.2 Å². The van der Waals surface area contributed by atoms with Crippen LogP contribution in [-0.2, 0) is 4.79 Å². The van der Waals surface area contributed by atoms with Gasteiger partial charge < -0.3 is 15.1 Å². The minimum Gasteiger partial charge on any atom is -0.322 e. The number of carbonyl (C=O) groups is 1. The number of halogens is 1. The SMILES string of the molecule is CN(C)C/C=C/C(=O)Nc1ccc2ncnc3c2c1C=CN3c1cccc(Br)c1. The molecule has 146 valence electrons. The summed E-state index contributed by atoms with van der Waals surface area (Å²) in [4.78, 5) is 25.3. The number of rotatable bonds is 5. The molecular formula is C22H20BrN5O. The fraction of sp³-hybridized carbons (Fsp3) is 0.136. The van der Waals surface area contributed by atoms with Crippen LogP contribution in [0.25, 0.3) is 17.0 Å². The number of anilines is 3. The first-order valence-electron chi connectivity index (χ1n) is 9.16. The molecular weight excluding hydrogens is 430 g/mol. The number of amides is 1. The Bertz CT molecular complexity index is 1140. The molecule has 6 nitrogen and oxygen atoms in total. The monoisotopic (exact) mass is 449 g/mol. The largest absolute Gasteiger partial charge is 0.322 e. The fourth-order valence-corrected chi connectivity index (χ4v) is 3.61. The third kappa shape index (κ3) is 4.06. The van der Waals surface area contributed by atoms with E-state index in [4.69, 9.17) is 0 Å². The summed E-state index contributed by atoms with van der Waals surface area (Å²) in [7, 11) is 3.91. The van der Waals surface area contributed by atoms with Crippen molar-refractivity contribution in [2.45, 2.75) is 0 Å². The van der Waals surface area contributed by atoms with Gasteiger partial charge in [-0.15, -0.1) is 0 Å². The van der Waals surface area contributed by atoms with Crippen molar-refractivity contribution in [3.05, 3.63) is 71.1 Å². The molecule has 4 rings (SSSR count). The number of hydrogen-bond acceptors (Lipinski definition) is 5. The molecule has 7 heteroatoms. The second kappa shape index (κ2) is 8.14. The van der Waals surface area contributed by atoms with Gasteiger partial charge in [0.25, 0.3) is 0 Å². The summed E-state index contributed by atoms with van der Waals surface area (Å²) >= 11 is 3.53. The van der Waals surface area contributed by atoms with Gasteiger partial charge in [-0.2, -0.15) is 0 Å². The van der Waals surface area contributed by atoms with Gasteiger partial charge >= 0.3 is 0 Å². The number of aromatic nitrogens is 2. The van der Waals surface area contributed by atoms with E-state index in [9.17, 15) is 4.79 Å². The molecule has 1 aliphatic rings. The highest BCUT2D eigenvalue weighted by molar-refractivity contribution is 9.10. The normalized spacial score (nSPS) is 12.9. The summed E-state index contributed by atoms with van der Waals surface area (Å²) in [6.07, 6.45) is 8.90. The minimum absolute atomic E-state index is 0.163. The van der Waals surface area contributed by atoms with Crippen LogP contribution >= 0.6 is 15.9 Å². The molecule has 0 radical (unpaired) electrons. The standard InChI is InChI=1S/C22H20BrN5O/c1-27(2)11-4-7-20(29)26-18-8-9-19-21-17(18)10-12-28(22(21)25-14-24-19)16-6-3-5-15(23)13-16/h3-10,12-14H,11H2,1-2H3,(H,26,29)/b7-4+. The van der Waals surface area contributed by atoms with Gasteiger partial charge in [-0.3, -0.25) is 4.79 Å². The van der Waals surface area contributed by atoms with Crippen LogP contribution in [0.2, 0.25) is 0 Å². The summed E-state index contributed by atoms with van der Waals surface area (Å²) in [6.45, 7) is 0.706.